The minimum absolute atomic E-state index is 0.0839. The van der Waals surface area contributed by atoms with Crippen molar-refractivity contribution in [3.8, 4) is 0 Å². The van der Waals surface area contributed by atoms with Crippen LogP contribution in [0.15, 0.2) is 24.3 Å². The van der Waals surface area contributed by atoms with E-state index in [0.29, 0.717) is 35.7 Å². The van der Waals surface area contributed by atoms with E-state index in [1.165, 1.54) is 18.8 Å². The molecule has 8 atom stereocenters. The summed E-state index contributed by atoms with van der Waals surface area (Å²) in [5, 5.41) is 10.8. The number of benzene rings is 1. The van der Waals surface area contributed by atoms with E-state index in [4.69, 9.17) is 4.74 Å². The number of aliphatic hydroxyl groups is 1. The van der Waals surface area contributed by atoms with Gasteiger partial charge in [-0.3, -0.25) is 0 Å². The molecule has 33 heavy (non-hydrogen) atoms. The van der Waals surface area contributed by atoms with E-state index in [1.807, 2.05) is 26.2 Å². The summed E-state index contributed by atoms with van der Waals surface area (Å²) in [7, 11) is 1.83. The van der Waals surface area contributed by atoms with E-state index in [0.717, 1.165) is 58.0 Å². The van der Waals surface area contributed by atoms with Crippen LogP contribution in [0.25, 0.3) is 0 Å². The summed E-state index contributed by atoms with van der Waals surface area (Å²) in [5.74, 6) is 2.03. The monoisotopic (exact) mass is 456 g/mol. The average Bonchev–Trinajstić information content (AvgIpc) is 3.08. The molecule has 0 amide bonds. The maximum absolute atomic E-state index is 14.6. The number of carbonyl (C=O) groups excluding carboxylic acids is 1. The van der Waals surface area contributed by atoms with Crippen molar-refractivity contribution in [1.29, 1.82) is 0 Å². The fraction of sp³-hybridized carbons (Fsp3) is 0.759. The number of rotatable bonds is 5. The van der Waals surface area contributed by atoms with Gasteiger partial charge < -0.3 is 14.6 Å². The second kappa shape index (κ2) is 8.16. The van der Waals surface area contributed by atoms with Gasteiger partial charge in [0.25, 0.3) is 0 Å². The number of hydrogen-bond donors (Lipinski definition) is 1. The summed E-state index contributed by atoms with van der Waals surface area (Å²) in [6, 6.07) is 6.99. The Balaban J connectivity index is 1.46. The molecule has 5 rings (SSSR count). The molecule has 4 fully saturated rings. The van der Waals surface area contributed by atoms with Crippen LogP contribution in [0, 0.1) is 45.7 Å². The Morgan fingerprint density at radius 3 is 2.55 bits per heavy atom. The van der Waals surface area contributed by atoms with E-state index < -0.39 is 11.0 Å². The van der Waals surface area contributed by atoms with E-state index in [-0.39, 0.29) is 16.6 Å². The Morgan fingerprint density at radius 1 is 1.06 bits per heavy atom. The molecule has 1 aromatic carbocycles. The molecule has 4 aliphatic rings. The number of carbonyl (C=O) groups is 1. The van der Waals surface area contributed by atoms with Crippen molar-refractivity contribution >= 4 is 6.29 Å². The second-order valence-corrected chi connectivity index (χ2v) is 12.6. The van der Waals surface area contributed by atoms with Crippen LogP contribution < -0.4 is 0 Å². The molecule has 0 heterocycles. The maximum atomic E-state index is 14.6. The second-order valence-electron chi connectivity index (χ2n) is 12.6. The van der Waals surface area contributed by atoms with E-state index >= 15 is 0 Å². The van der Waals surface area contributed by atoms with Crippen LogP contribution in [0.1, 0.15) is 77.2 Å². The predicted octanol–water partition coefficient (Wildman–Crippen LogP) is 5.97. The van der Waals surface area contributed by atoms with Crippen molar-refractivity contribution in [3.05, 3.63) is 35.6 Å². The van der Waals surface area contributed by atoms with Gasteiger partial charge in [-0.25, -0.2) is 4.39 Å². The van der Waals surface area contributed by atoms with Crippen molar-refractivity contribution in [3.63, 3.8) is 0 Å². The molecule has 4 heteroatoms. The van der Waals surface area contributed by atoms with E-state index in [2.05, 4.69) is 6.92 Å². The highest BCUT2D eigenvalue weighted by molar-refractivity contribution is 5.63. The summed E-state index contributed by atoms with van der Waals surface area (Å²) >= 11 is 0. The van der Waals surface area contributed by atoms with Gasteiger partial charge in [0.2, 0.25) is 0 Å². The van der Waals surface area contributed by atoms with Crippen molar-refractivity contribution < 1.29 is 19.0 Å². The Kier molecular flexibility index (Phi) is 5.80. The zero-order valence-electron chi connectivity index (χ0n) is 20.6. The number of methoxy groups -OCH3 is 1. The maximum Gasteiger partial charge on any atom is 0.127 e. The topological polar surface area (TPSA) is 46.5 Å². The lowest BCUT2D eigenvalue weighted by Crippen LogP contribution is -2.59. The number of fused-ring (bicyclic) bond motifs is 5. The van der Waals surface area contributed by atoms with Gasteiger partial charge in [-0.2, -0.15) is 0 Å². The van der Waals surface area contributed by atoms with Crippen LogP contribution in [-0.4, -0.2) is 30.7 Å². The summed E-state index contributed by atoms with van der Waals surface area (Å²) in [6.07, 6.45) is 10.9. The van der Waals surface area contributed by atoms with E-state index in [9.17, 15) is 14.3 Å². The SMILES string of the molecule is COC[C@]12CC[C@@](C)(O)C[C@@H]1CC[C@@H]1[C@@H]2CC[C@@]2(C)[C@H]1CC[C@@]2(C=O)Cc1ccccc1F. The van der Waals surface area contributed by atoms with Gasteiger partial charge in [0, 0.05) is 12.5 Å². The molecule has 4 saturated carbocycles. The molecule has 1 N–H and O–H groups in total. The third-order valence-corrected chi connectivity index (χ3v) is 11.2. The third kappa shape index (κ3) is 3.45. The van der Waals surface area contributed by atoms with Crippen molar-refractivity contribution in [2.24, 2.45) is 39.9 Å². The normalized spacial score (nSPS) is 46.8. The van der Waals surface area contributed by atoms with Crippen LogP contribution in [0.3, 0.4) is 0 Å². The Bertz CT molecular complexity index is 899. The van der Waals surface area contributed by atoms with Crippen molar-refractivity contribution in [2.45, 2.75) is 83.7 Å². The van der Waals surface area contributed by atoms with Crippen LogP contribution in [0.4, 0.5) is 4.39 Å². The number of aldehydes is 1. The largest absolute Gasteiger partial charge is 0.390 e. The standard InChI is InChI=1S/C29H41FO3/c1-26(32)14-15-29(19-33-3)21(17-26)8-9-22-23-11-13-28(18-31,27(23,2)12-10-24(22)29)16-20-6-4-5-7-25(20)30/h4-7,18,21-24,32H,8-17,19H2,1-3H3/t21-,22-,23-,24-,26+,27-,28-,29+/m0/s1. The molecule has 0 bridgehead atoms. The van der Waals surface area contributed by atoms with Crippen LogP contribution in [0.5, 0.6) is 0 Å². The molecule has 0 saturated heterocycles. The number of hydrogen-bond acceptors (Lipinski definition) is 3. The molecule has 3 nitrogen and oxygen atoms in total. The van der Waals surface area contributed by atoms with Crippen molar-refractivity contribution in [2.75, 3.05) is 13.7 Å². The molecule has 0 aromatic heterocycles. The minimum Gasteiger partial charge on any atom is -0.390 e. The van der Waals surface area contributed by atoms with Gasteiger partial charge in [0.1, 0.15) is 12.1 Å². The molecular weight excluding hydrogens is 415 g/mol. The first kappa shape index (κ1) is 23.5. The third-order valence-electron chi connectivity index (χ3n) is 11.2. The molecule has 0 spiro atoms. The summed E-state index contributed by atoms with van der Waals surface area (Å²) in [6.45, 7) is 5.13. The van der Waals surface area contributed by atoms with Crippen LogP contribution in [-0.2, 0) is 16.0 Å². The van der Waals surface area contributed by atoms with Gasteiger partial charge in [-0.1, -0.05) is 25.1 Å². The minimum atomic E-state index is -0.558. The van der Waals surface area contributed by atoms with Crippen LogP contribution >= 0.6 is 0 Å². The highest BCUT2D eigenvalue weighted by Crippen LogP contribution is 2.71. The lowest BCUT2D eigenvalue weighted by molar-refractivity contribution is -0.179. The Morgan fingerprint density at radius 2 is 1.82 bits per heavy atom. The number of ether oxygens (including phenoxy) is 1. The molecule has 0 radical (unpaired) electrons. The highest BCUT2D eigenvalue weighted by atomic mass is 19.1. The first-order chi connectivity index (χ1) is 15.7. The average molecular weight is 457 g/mol. The van der Waals surface area contributed by atoms with Gasteiger partial charge in [0.15, 0.2) is 0 Å². The van der Waals surface area contributed by atoms with Gasteiger partial charge in [-0.05, 0) is 117 Å². The fourth-order valence-corrected chi connectivity index (χ4v) is 9.46. The van der Waals surface area contributed by atoms with Crippen molar-refractivity contribution in [1.82, 2.24) is 0 Å². The highest BCUT2D eigenvalue weighted by Gasteiger charge is 2.66. The molecular formula is C29H41FO3. The lowest BCUT2D eigenvalue weighted by atomic mass is 9.42. The molecule has 4 aliphatic carbocycles. The Labute approximate surface area is 198 Å². The lowest BCUT2D eigenvalue weighted by Gasteiger charge is -2.63. The Hall–Kier alpha value is -1.26. The zero-order valence-corrected chi connectivity index (χ0v) is 20.6. The smallest absolute Gasteiger partial charge is 0.127 e. The van der Waals surface area contributed by atoms with Gasteiger partial charge in [-0.15, -0.1) is 0 Å². The summed E-state index contributed by atoms with van der Waals surface area (Å²) in [5.41, 5.74) is -0.287. The fourth-order valence-electron chi connectivity index (χ4n) is 9.46. The van der Waals surface area contributed by atoms with Crippen LogP contribution in [0.2, 0.25) is 0 Å². The molecule has 182 valence electrons. The van der Waals surface area contributed by atoms with Gasteiger partial charge >= 0.3 is 0 Å². The summed E-state index contributed by atoms with van der Waals surface area (Å²) < 4.78 is 20.5. The quantitative estimate of drug-likeness (QED) is 0.555. The first-order valence-electron chi connectivity index (χ1n) is 13.1. The molecule has 1 aromatic rings. The molecule has 0 unspecified atom stereocenters. The van der Waals surface area contributed by atoms with E-state index in [1.54, 1.807) is 6.07 Å². The van der Waals surface area contributed by atoms with Gasteiger partial charge in [0.05, 0.1) is 12.2 Å². The first-order valence-corrected chi connectivity index (χ1v) is 13.1. The number of halogens is 1. The summed E-state index contributed by atoms with van der Waals surface area (Å²) in [4.78, 5) is 12.8. The molecule has 0 aliphatic heterocycles. The zero-order chi connectivity index (χ0) is 23.5. The predicted molar refractivity (Wildman–Crippen MR) is 127 cm³/mol.